The fraction of sp³-hybridized carbons (Fsp3) is 0.344. The van der Waals surface area contributed by atoms with E-state index in [4.69, 9.17) is 26.1 Å². The zero-order valence-electron chi connectivity index (χ0n) is 24.0. The van der Waals surface area contributed by atoms with Gasteiger partial charge in [-0.3, -0.25) is 24.7 Å². The fourth-order valence-electron chi connectivity index (χ4n) is 6.25. The van der Waals surface area contributed by atoms with E-state index >= 15 is 4.39 Å². The Bertz CT molecular complexity index is 1680. The molecule has 1 saturated heterocycles. The molecule has 1 aromatic heterocycles. The first kappa shape index (κ1) is 29.6. The normalized spacial score (nSPS) is 21.2. The van der Waals surface area contributed by atoms with Crippen molar-refractivity contribution in [3.8, 4) is 11.3 Å². The average molecular weight is 621 g/mol. The van der Waals surface area contributed by atoms with Crippen LogP contribution in [0.2, 0.25) is 5.02 Å². The Morgan fingerprint density at radius 1 is 1.14 bits per heavy atom. The molecule has 12 heteroatoms. The zero-order valence-corrected chi connectivity index (χ0v) is 24.7. The number of fused-ring (bicyclic) bond motifs is 6. The number of likely N-dealkylation sites (tertiary alicyclic amines) is 1. The van der Waals surface area contributed by atoms with Gasteiger partial charge in [0.15, 0.2) is 11.4 Å². The molecule has 2 bridgehead atoms. The largest absolute Gasteiger partial charge is 0.469 e. The molecule has 3 aliphatic rings. The van der Waals surface area contributed by atoms with Gasteiger partial charge in [-0.1, -0.05) is 36.2 Å². The maximum Gasteiger partial charge on any atom is 0.412 e. The molecule has 4 heterocycles. The number of nitrogens with zero attached hydrogens (tertiary/aromatic N) is 2. The summed E-state index contributed by atoms with van der Waals surface area (Å²) >= 11 is 6.09. The summed E-state index contributed by atoms with van der Waals surface area (Å²) in [7, 11) is 1.32. The van der Waals surface area contributed by atoms with Gasteiger partial charge in [-0.2, -0.15) is 0 Å². The van der Waals surface area contributed by atoms with Crippen LogP contribution in [0.15, 0.2) is 48.5 Å². The Labute approximate surface area is 257 Å². The lowest BCUT2D eigenvalue weighted by Gasteiger charge is -2.36. The van der Waals surface area contributed by atoms with Crippen molar-refractivity contribution in [1.29, 1.82) is 0 Å². The molecule has 0 radical (unpaired) electrons. The zero-order chi connectivity index (χ0) is 31.0. The molecule has 2 aromatic carbocycles. The topological polar surface area (TPSA) is 127 Å². The number of pyridine rings is 1. The maximum absolute atomic E-state index is 15.3. The van der Waals surface area contributed by atoms with Gasteiger partial charge in [0.25, 0.3) is 0 Å². The Balaban J connectivity index is 1.33. The van der Waals surface area contributed by atoms with Gasteiger partial charge in [-0.15, -0.1) is 0 Å². The quantitative estimate of drug-likeness (QED) is 0.368. The molecule has 1 spiro atoms. The van der Waals surface area contributed by atoms with Crippen LogP contribution in [-0.2, 0) is 35.9 Å². The van der Waals surface area contributed by atoms with Crippen molar-refractivity contribution in [1.82, 2.24) is 9.88 Å². The van der Waals surface area contributed by atoms with Crippen LogP contribution in [0.1, 0.15) is 54.8 Å². The molecule has 0 aliphatic carbocycles. The highest BCUT2D eigenvalue weighted by Gasteiger charge is 2.51. The van der Waals surface area contributed by atoms with E-state index in [-0.39, 0.29) is 60.4 Å². The minimum atomic E-state index is -1.37. The van der Waals surface area contributed by atoms with Gasteiger partial charge in [-0.05, 0) is 48.7 Å². The summed E-state index contributed by atoms with van der Waals surface area (Å²) < 4.78 is 25.8. The predicted molar refractivity (Wildman–Crippen MR) is 160 cm³/mol. The van der Waals surface area contributed by atoms with Gasteiger partial charge in [0.2, 0.25) is 11.8 Å². The van der Waals surface area contributed by atoms with E-state index in [0.717, 1.165) is 0 Å². The number of halogens is 2. The summed E-state index contributed by atoms with van der Waals surface area (Å²) in [5, 5.41) is 5.38. The number of aromatic nitrogens is 1. The molecule has 6 rings (SSSR count). The van der Waals surface area contributed by atoms with Crippen LogP contribution >= 0.6 is 11.6 Å². The number of anilines is 2. The van der Waals surface area contributed by atoms with E-state index in [2.05, 4.69) is 10.6 Å². The molecule has 10 nitrogen and oxygen atoms in total. The number of benzene rings is 2. The summed E-state index contributed by atoms with van der Waals surface area (Å²) in [6.07, 6.45) is 1.34. The number of carbonyl (C=O) groups excluding carboxylic acids is 4. The molecule has 3 aliphatic heterocycles. The lowest BCUT2D eigenvalue weighted by molar-refractivity contribution is -0.139. The summed E-state index contributed by atoms with van der Waals surface area (Å²) in [6, 6.07) is 13.6. The maximum atomic E-state index is 15.3. The van der Waals surface area contributed by atoms with E-state index in [0.29, 0.717) is 47.5 Å². The van der Waals surface area contributed by atoms with Crippen molar-refractivity contribution < 1.29 is 33.0 Å². The van der Waals surface area contributed by atoms with E-state index in [9.17, 15) is 19.2 Å². The van der Waals surface area contributed by atoms with E-state index < -0.39 is 29.4 Å². The van der Waals surface area contributed by atoms with Crippen molar-refractivity contribution in [3.63, 3.8) is 0 Å². The molecule has 3 amide bonds. The molecule has 1 fully saturated rings. The predicted octanol–water partition coefficient (Wildman–Crippen LogP) is 5.54. The summed E-state index contributed by atoms with van der Waals surface area (Å²) in [4.78, 5) is 57.8. The number of esters is 1. The molecule has 44 heavy (non-hydrogen) atoms. The monoisotopic (exact) mass is 620 g/mol. The van der Waals surface area contributed by atoms with E-state index in [1.807, 2.05) is 6.07 Å². The van der Waals surface area contributed by atoms with Gasteiger partial charge in [0.05, 0.1) is 59.3 Å². The molecule has 0 unspecified atom stereocenters. The van der Waals surface area contributed by atoms with Crippen LogP contribution in [0.5, 0.6) is 0 Å². The number of hydrogen-bond donors (Lipinski definition) is 2. The Morgan fingerprint density at radius 3 is 2.80 bits per heavy atom. The van der Waals surface area contributed by atoms with Crippen LogP contribution < -0.4 is 10.6 Å². The molecular weight excluding hydrogens is 591 g/mol. The van der Waals surface area contributed by atoms with Crippen LogP contribution in [0, 0.1) is 5.82 Å². The molecule has 3 aromatic rings. The number of methoxy groups -OCH3 is 1. The number of nitrogens with one attached hydrogen (secondary N) is 2. The first-order chi connectivity index (χ1) is 21.2. The van der Waals surface area contributed by atoms with Gasteiger partial charge in [-0.25, -0.2) is 9.18 Å². The van der Waals surface area contributed by atoms with Crippen molar-refractivity contribution in [2.45, 2.75) is 50.0 Å². The average Bonchev–Trinajstić information content (AvgIpc) is 3.41. The minimum absolute atomic E-state index is 0.0338. The summed E-state index contributed by atoms with van der Waals surface area (Å²) in [5.74, 6) is -2.14. The third kappa shape index (κ3) is 5.59. The first-order valence-corrected chi connectivity index (χ1v) is 14.8. The number of rotatable bonds is 3. The fourth-order valence-corrected chi connectivity index (χ4v) is 6.41. The lowest BCUT2D eigenvalue weighted by atomic mass is 9.89. The highest BCUT2D eigenvalue weighted by atomic mass is 35.5. The number of amides is 3. The lowest BCUT2D eigenvalue weighted by Crippen LogP contribution is -2.44. The van der Waals surface area contributed by atoms with Gasteiger partial charge in [0, 0.05) is 24.9 Å². The Hall–Kier alpha value is -4.51. The molecule has 0 saturated carbocycles. The van der Waals surface area contributed by atoms with Crippen LogP contribution in [0.25, 0.3) is 11.3 Å². The third-order valence-corrected chi connectivity index (χ3v) is 8.69. The van der Waals surface area contributed by atoms with Crippen LogP contribution in [0.4, 0.5) is 20.6 Å². The standard InChI is InChI=1S/C32H30ClFN4O6/c1-43-27(40)16-18-9-10-19-22-6-4-7-23(35-22)20(5-2-3-8-26(39)36-25(19)15-18)30(41)38-14-13-32(17-38)28-24(37-31(42)44-32)12-11-21(33)29(28)34/h4,6-7,9-12,15,20H,2-3,5,8,13-14,16-17H2,1H3,(H,36,39)(H,37,42)/t20-,32-/m0/s1. The number of carbonyl (C=O) groups is 4. The summed E-state index contributed by atoms with van der Waals surface area (Å²) in [5.41, 5.74) is 1.97. The highest BCUT2D eigenvalue weighted by molar-refractivity contribution is 6.31. The van der Waals surface area contributed by atoms with Crippen molar-refractivity contribution >= 4 is 46.9 Å². The Kier molecular flexibility index (Phi) is 7.98. The highest BCUT2D eigenvalue weighted by Crippen LogP contribution is 2.46. The second kappa shape index (κ2) is 11.9. The van der Waals surface area contributed by atoms with Crippen molar-refractivity contribution in [2.24, 2.45) is 0 Å². The second-order valence-corrected chi connectivity index (χ2v) is 11.6. The van der Waals surface area contributed by atoms with Gasteiger partial charge < -0.3 is 19.7 Å². The molecular formula is C32H30ClFN4O6. The molecule has 2 N–H and O–H groups in total. The van der Waals surface area contributed by atoms with E-state index in [1.54, 1.807) is 35.2 Å². The van der Waals surface area contributed by atoms with E-state index in [1.165, 1.54) is 19.2 Å². The Morgan fingerprint density at radius 2 is 1.98 bits per heavy atom. The van der Waals surface area contributed by atoms with Crippen LogP contribution in [-0.4, -0.2) is 54.0 Å². The molecule has 2 atom stereocenters. The van der Waals surface area contributed by atoms with Crippen molar-refractivity contribution in [3.05, 3.63) is 76.2 Å². The first-order valence-electron chi connectivity index (χ1n) is 14.4. The summed E-state index contributed by atoms with van der Waals surface area (Å²) in [6.45, 7) is 0.204. The van der Waals surface area contributed by atoms with Gasteiger partial charge >= 0.3 is 12.1 Å². The number of hydrogen-bond acceptors (Lipinski definition) is 7. The van der Waals surface area contributed by atoms with Crippen LogP contribution in [0.3, 0.4) is 0 Å². The third-order valence-electron chi connectivity index (χ3n) is 8.40. The smallest absolute Gasteiger partial charge is 0.412 e. The molecule has 228 valence electrons. The second-order valence-electron chi connectivity index (χ2n) is 11.2. The van der Waals surface area contributed by atoms with Gasteiger partial charge in [0.1, 0.15) is 0 Å². The minimum Gasteiger partial charge on any atom is -0.469 e. The van der Waals surface area contributed by atoms with Crippen molar-refractivity contribution in [2.75, 3.05) is 30.8 Å². The number of ether oxygens (including phenoxy) is 2. The SMILES string of the molecule is COC(=O)Cc1ccc2c(c1)NC(=O)CCCC[C@H](C(=O)N1CC[C@@]3(C1)OC(=O)Nc1ccc(Cl)c(F)c13)c1cccc-2n1.